The molecule has 0 spiro atoms. The lowest BCUT2D eigenvalue weighted by Crippen LogP contribution is -2.21. The minimum Gasteiger partial charge on any atom is -0.310 e. The summed E-state index contributed by atoms with van der Waals surface area (Å²) in [5.74, 6) is 1.42. The maximum Gasteiger partial charge on any atom is 0.0684 e. The van der Waals surface area contributed by atoms with Gasteiger partial charge in [0, 0.05) is 50.5 Å². The largest absolute Gasteiger partial charge is 0.310 e. The van der Waals surface area contributed by atoms with Gasteiger partial charge < -0.3 is 5.32 Å². The SMILES string of the molecule is CCS(=O)CCNCc1ncc(Br)cc1Br. The predicted octanol–water partition coefficient (Wildman–Crippen LogP) is 2.46. The average molecular weight is 370 g/mol. The molecule has 0 aliphatic heterocycles. The molecule has 0 saturated heterocycles. The molecule has 0 bridgehead atoms. The summed E-state index contributed by atoms with van der Waals surface area (Å²) >= 11 is 6.80. The van der Waals surface area contributed by atoms with Crippen LogP contribution in [0.2, 0.25) is 0 Å². The van der Waals surface area contributed by atoms with E-state index in [4.69, 9.17) is 0 Å². The number of rotatable bonds is 6. The molecule has 1 aromatic rings. The van der Waals surface area contributed by atoms with Crippen LogP contribution in [0.1, 0.15) is 12.6 Å². The van der Waals surface area contributed by atoms with E-state index in [0.29, 0.717) is 12.3 Å². The van der Waals surface area contributed by atoms with Crippen LogP contribution in [-0.2, 0) is 17.3 Å². The lowest BCUT2D eigenvalue weighted by Gasteiger charge is -2.05. The fourth-order valence-electron chi connectivity index (χ4n) is 1.11. The Morgan fingerprint density at radius 1 is 1.50 bits per heavy atom. The third kappa shape index (κ3) is 5.03. The molecule has 3 nitrogen and oxygen atoms in total. The van der Waals surface area contributed by atoms with Crippen molar-refractivity contribution in [3.8, 4) is 0 Å². The number of pyridine rings is 1. The molecular formula is C10H14Br2N2OS. The second-order valence-electron chi connectivity index (χ2n) is 3.19. The van der Waals surface area contributed by atoms with Gasteiger partial charge in [0.2, 0.25) is 0 Å². The van der Waals surface area contributed by atoms with Crippen LogP contribution in [0.25, 0.3) is 0 Å². The third-order valence-corrected chi connectivity index (χ3v) is 4.43. The zero-order chi connectivity index (χ0) is 12.0. The van der Waals surface area contributed by atoms with Crippen LogP contribution in [0.15, 0.2) is 21.2 Å². The molecule has 16 heavy (non-hydrogen) atoms. The van der Waals surface area contributed by atoms with Gasteiger partial charge in [-0.2, -0.15) is 0 Å². The summed E-state index contributed by atoms with van der Waals surface area (Å²) in [5, 5.41) is 3.23. The molecule has 1 atom stereocenters. The van der Waals surface area contributed by atoms with Crippen molar-refractivity contribution >= 4 is 42.7 Å². The first-order valence-corrected chi connectivity index (χ1v) is 8.06. The first kappa shape index (κ1) is 14.3. The highest BCUT2D eigenvalue weighted by molar-refractivity contribution is 9.11. The minimum absolute atomic E-state index is 0.689. The number of hydrogen-bond donors (Lipinski definition) is 1. The highest BCUT2D eigenvalue weighted by Gasteiger charge is 2.02. The predicted molar refractivity (Wildman–Crippen MR) is 74.9 cm³/mol. The van der Waals surface area contributed by atoms with Crippen molar-refractivity contribution in [1.82, 2.24) is 10.3 Å². The van der Waals surface area contributed by atoms with Crippen LogP contribution in [0.4, 0.5) is 0 Å². The van der Waals surface area contributed by atoms with E-state index in [1.165, 1.54) is 0 Å². The topological polar surface area (TPSA) is 42.0 Å². The van der Waals surface area contributed by atoms with E-state index in [1.54, 1.807) is 6.20 Å². The molecule has 1 unspecified atom stereocenters. The summed E-state index contributed by atoms with van der Waals surface area (Å²) in [6.07, 6.45) is 1.77. The van der Waals surface area contributed by atoms with E-state index in [0.717, 1.165) is 26.9 Å². The normalized spacial score (nSPS) is 12.7. The molecule has 0 aromatic carbocycles. The third-order valence-electron chi connectivity index (χ3n) is 2.00. The molecule has 1 rings (SSSR count). The first-order valence-electron chi connectivity index (χ1n) is 4.99. The summed E-state index contributed by atoms with van der Waals surface area (Å²) in [6.45, 7) is 3.38. The maximum absolute atomic E-state index is 11.2. The molecule has 6 heteroatoms. The Labute approximate surface area is 115 Å². The van der Waals surface area contributed by atoms with E-state index in [-0.39, 0.29) is 0 Å². The average Bonchev–Trinajstić information content (AvgIpc) is 2.26. The summed E-state index contributed by atoms with van der Waals surface area (Å²) < 4.78 is 13.1. The molecule has 0 fully saturated rings. The molecule has 1 heterocycles. The smallest absolute Gasteiger partial charge is 0.0684 e. The van der Waals surface area contributed by atoms with Gasteiger partial charge in [-0.15, -0.1) is 0 Å². The molecule has 0 aliphatic carbocycles. The highest BCUT2D eigenvalue weighted by Crippen LogP contribution is 2.19. The maximum atomic E-state index is 11.2. The van der Waals surface area contributed by atoms with Crippen LogP contribution >= 0.6 is 31.9 Å². The lowest BCUT2D eigenvalue weighted by molar-refractivity contribution is 0.670. The van der Waals surface area contributed by atoms with Gasteiger partial charge in [-0.05, 0) is 37.9 Å². The van der Waals surface area contributed by atoms with Crippen molar-refractivity contribution in [2.75, 3.05) is 18.1 Å². The quantitative estimate of drug-likeness (QED) is 0.783. The monoisotopic (exact) mass is 368 g/mol. The standard InChI is InChI=1S/C10H14Br2N2OS/c1-2-16(15)4-3-13-7-10-9(12)5-8(11)6-14-10/h5-6,13H,2-4,7H2,1H3. The Morgan fingerprint density at radius 3 is 2.88 bits per heavy atom. The fraction of sp³-hybridized carbons (Fsp3) is 0.500. The number of aromatic nitrogens is 1. The Balaban J connectivity index is 2.35. The van der Waals surface area contributed by atoms with Crippen molar-refractivity contribution in [1.29, 1.82) is 0 Å². The van der Waals surface area contributed by atoms with Gasteiger partial charge >= 0.3 is 0 Å². The Kier molecular flexibility index (Phi) is 6.72. The van der Waals surface area contributed by atoms with Crippen molar-refractivity contribution in [3.05, 3.63) is 26.9 Å². The van der Waals surface area contributed by atoms with Gasteiger partial charge in [-0.25, -0.2) is 0 Å². The van der Waals surface area contributed by atoms with Crippen molar-refractivity contribution in [2.45, 2.75) is 13.5 Å². The molecule has 1 aromatic heterocycles. The van der Waals surface area contributed by atoms with Gasteiger partial charge in [0.05, 0.1) is 5.69 Å². The van der Waals surface area contributed by atoms with Gasteiger partial charge in [-0.1, -0.05) is 6.92 Å². The molecule has 0 radical (unpaired) electrons. The number of nitrogens with one attached hydrogen (secondary N) is 1. The second kappa shape index (κ2) is 7.53. The number of nitrogens with zero attached hydrogens (tertiary/aromatic N) is 1. The van der Waals surface area contributed by atoms with E-state index in [9.17, 15) is 4.21 Å². The zero-order valence-corrected chi connectivity index (χ0v) is 13.0. The summed E-state index contributed by atoms with van der Waals surface area (Å²) in [7, 11) is -0.696. The minimum atomic E-state index is -0.696. The lowest BCUT2D eigenvalue weighted by atomic mass is 10.3. The van der Waals surface area contributed by atoms with Crippen LogP contribution in [0.5, 0.6) is 0 Å². The summed E-state index contributed by atoms with van der Waals surface area (Å²) in [5.41, 5.74) is 0.963. The number of hydrogen-bond acceptors (Lipinski definition) is 3. The van der Waals surface area contributed by atoms with E-state index in [2.05, 4.69) is 42.2 Å². The van der Waals surface area contributed by atoms with E-state index in [1.807, 2.05) is 13.0 Å². The summed E-state index contributed by atoms with van der Waals surface area (Å²) in [6, 6.07) is 1.97. The number of halogens is 2. The zero-order valence-electron chi connectivity index (χ0n) is 9.00. The Morgan fingerprint density at radius 2 is 2.25 bits per heavy atom. The van der Waals surface area contributed by atoms with Crippen LogP contribution in [0, 0.1) is 0 Å². The van der Waals surface area contributed by atoms with Gasteiger partial charge in [0.1, 0.15) is 0 Å². The van der Waals surface area contributed by atoms with E-state index < -0.39 is 10.8 Å². The Hall–Kier alpha value is 0.220. The van der Waals surface area contributed by atoms with Gasteiger partial charge in [0.25, 0.3) is 0 Å². The molecular weight excluding hydrogens is 356 g/mol. The molecule has 0 amide bonds. The van der Waals surface area contributed by atoms with Crippen LogP contribution < -0.4 is 5.32 Å². The highest BCUT2D eigenvalue weighted by atomic mass is 79.9. The van der Waals surface area contributed by atoms with Gasteiger partial charge in [-0.3, -0.25) is 9.19 Å². The molecule has 0 aliphatic rings. The van der Waals surface area contributed by atoms with Crippen molar-refractivity contribution < 1.29 is 4.21 Å². The van der Waals surface area contributed by atoms with Crippen molar-refractivity contribution in [3.63, 3.8) is 0 Å². The Bertz CT molecular complexity index is 374. The second-order valence-corrected chi connectivity index (χ2v) is 6.83. The molecule has 1 N–H and O–H groups in total. The molecule has 90 valence electrons. The van der Waals surface area contributed by atoms with Crippen LogP contribution in [0.3, 0.4) is 0 Å². The first-order chi connectivity index (χ1) is 7.63. The fourth-order valence-corrected chi connectivity index (χ4v) is 2.90. The summed E-state index contributed by atoms with van der Waals surface area (Å²) in [4.78, 5) is 4.28. The van der Waals surface area contributed by atoms with E-state index >= 15 is 0 Å². The van der Waals surface area contributed by atoms with Crippen LogP contribution in [-0.4, -0.2) is 27.2 Å². The van der Waals surface area contributed by atoms with Crippen molar-refractivity contribution in [2.24, 2.45) is 0 Å². The molecule has 0 saturated carbocycles. The van der Waals surface area contributed by atoms with Gasteiger partial charge in [0.15, 0.2) is 0 Å².